The minimum absolute atomic E-state index is 0.285. The van der Waals surface area contributed by atoms with Gasteiger partial charge >= 0.3 is 5.97 Å². The Morgan fingerprint density at radius 2 is 2.50 bits per heavy atom. The zero-order valence-corrected chi connectivity index (χ0v) is 8.30. The molecule has 0 spiro atoms. The van der Waals surface area contributed by atoms with Gasteiger partial charge in [0.1, 0.15) is 0 Å². The molecule has 2 aliphatic rings. The van der Waals surface area contributed by atoms with E-state index in [9.17, 15) is 4.79 Å². The molecule has 2 rings (SSSR count). The summed E-state index contributed by atoms with van der Waals surface area (Å²) in [5.41, 5.74) is 1.56. The standard InChI is InChI=1S/C9H8N2O2S/c1-13-8(12)5-2-3-6-7(4-5)11-9(14)10-6/h2-5H,1H3,(H,11,14). The summed E-state index contributed by atoms with van der Waals surface area (Å²) in [6.07, 6.45) is 5.26. The summed E-state index contributed by atoms with van der Waals surface area (Å²) in [4.78, 5) is 15.3. The summed E-state index contributed by atoms with van der Waals surface area (Å²) in [5, 5.41) is 3.33. The van der Waals surface area contributed by atoms with Gasteiger partial charge in [-0.05, 0) is 24.4 Å². The molecule has 5 heteroatoms. The average Bonchev–Trinajstić information content (AvgIpc) is 2.55. The predicted molar refractivity (Wildman–Crippen MR) is 55.9 cm³/mol. The van der Waals surface area contributed by atoms with Crippen LogP contribution in [0.2, 0.25) is 0 Å². The lowest BCUT2D eigenvalue weighted by Gasteiger charge is -2.11. The van der Waals surface area contributed by atoms with E-state index in [0.717, 1.165) is 11.4 Å². The monoisotopic (exact) mass is 208 g/mol. The van der Waals surface area contributed by atoms with E-state index in [2.05, 4.69) is 15.0 Å². The minimum atomic E-state index is -0.345. The molecule has 14 heavy (non-hydrogen) atoms. The first-order chi connectivity index (χ1) is 6.70. The maximum absolute atomic E-state index is 11.2. The number of methoxy groups -OCH3 is 1. The van der Waals surface area contributed by atoms with E-state index in [1.807, 2.05) is 0 Å². The molecule has 72 valence electrons. The third-order valence-electron chi connectivity index (χ3n) is 2.02. The van der Waals surface area contributed by atoms with Gasteiger partial charge in [0.2, 0.25) is 0 Å². The fraction of sp³-hybridized carbons (Fsp3) is 0.222. The molecule has 1 unspecified atom stereocenters. The molecule has 0 saturated heterocycles. The summed E-state index contributed by atoms with van der Waals surface area (Å²) in [6, 6.07) is 0. The van der Waals surface area contributed by atoms with E-state index in [4.69, 9.17) is 12.2 Å². The van der Waals surface area contributed by atoms with Crippen molar-refractivity contribution in [1.82, 2.24) is 5.32 Å². The number of nitrogens with zero attached hydrogens (tertiary/aromatic N) is 1. The minimum Gasteiger partial charge on any atom is -0.468 e. The van der Waals surface area contributed by atoms with Crippen molar-refractivity contribution >= 4 is 29.0 Å². The smallest absolute Gasteiger partial charge is 0.316 e. The summed E-state index contributed by atoms with van der Waals surface area (Å²) in [6.45, 7) is 0. The van der Waals surface area contributed by atoms with E-state index in [1.54, 1.807) is 18.2 Å². The Balaban J connectivity index is 2.25. The zero-order chi connectivity index (χ0) is 10.1. The van der Waals surface area contributed by atoms with Crippen LogP contribution in [0.5, 0.6) is 0 Å². The average molecular weight is 208 g/mol. The Morgan fingerprint density at radius 1 is 1.71 bits per heavy atom. The van der Waals surface area contributed by atoms with Crippen LogP contribution in [-0.2, 0) is 9.53 Å². The highest BCUT2D eigenvalue weighted by molar-refractivity contribution is 7.80. The molecule has 0 bridgehead atoms. The Labute approximate surface area is 86.3 Å². The third-order valence-corrected chi connectivity index (χ3v) is 2.21. The molecule has 0 aromatic rings. The molecule has 0 amide bonds. The topological polar surface area (TPSA) is 50.7 Å². The number of ether oxygens (including phenoxy) is 1. The maximum Gasteiger partial charge on any atom is 0.316 e. The first kappa shape index (κ1) is 9.08. The molecule has 0 radical (unpaired) electrons. The largest absolute Gasteiger partial charge is 0.468 e. The molecule has 0 aromatic carbocycles. The van der Waals surface area contributed by atoms with Gasteiger partial charge in [0.25, 0.3) is 0 Å². The number of fused-ring (bicyclic) bond motifs is 1. The molecule has 0 fully saturated rings. The van der Waals surface area contributed by atoms with Gasteiger partial charge in [0, 0.05) is 0 Å². The highest BCUT2D eigenvalue weighted by atomic mass is 32.1. The number of rotatable bonds is 1. The summed E-state index contributed by atoms with van der Waals surface area (Å²) < 4.78 is 4.63. The lowest BCUT2D eigenvalue weighted by molar-refractivity contribution is -0.142. The highest BCUT2D eigenvalue weighted by Crippen LogP contribution is 2.17. The van der Waals surface area contributed by atoms with Crippen molar-refractivity contribution < 1.29 is 9.53 Å². The molecule has 1 aliphatic heterocycles. The van der Waals surface area contributed by atoms with Gasteiger partial charge in [0.15, 0.2) is 5.11 Å². The fourth-order valence-electron chi connectivity index (χ4n) is 1.34. The first-order valence-electron chi connectivity index (χ1n) is 4.08. The van der Waals surface area contributed by atoms with E-state index < -0.39 is 0 Å². The molecule has 1 heterocycles. The van der Waals surface area contributed by atoms with Gasteiger partial charge in [-0.3, -0.25) is 4.79 Å². The van der Waals surface area contributed by atoms with Crippen molar-refractivity contribution in [3.8, 4) is 0 Å². The van der Waals surface area contributed by atoms with Gasteiger partial charge in [-0.1, -0.05) is 6.08 Å². The number of carbonyl (C=O) groups excluding carboxylic acids is 1. The van der Waals surface area contributed by atoms with Crippen molar-refractivity contribution in [2.45, 2.75) is 0 Å². The highest BCUT2D eigenvalue weighted by Gasteiger charge is 2.23. The summed E-state index contributed by atoms with van der Waals surface area (Å²) in [5.74, 6) is -0.630. The number of nitrogens with one attached hydrogen (secondary N) is 1. The van der Waals surface area contributed by atoms with Crippen molar-refractivity contribution in [3.63, 3.8) is 0 Å². The normalized spacial score (nSPS) is 23.5. The van der Waals surface area contributed by atoms with Crippen LogP contribution in [0.15, 0.2) is 28.9 Å². The summed E-state index contributed by atoms with van der Waals surface area (Å²) in [7, 11) is 1.37. The Morgan fingerprint density at radius 3 is 3.21 bits per heavy atom. The van der Waals surface area contributed by atoms with Crippen molar-refractivity contribution in [2.75, 3.05) is 7.11 Å². The lowest BCUT2D eigenvalue weighted by Crippen LogP contribution is -2.21. The quantitative estimate of drug-likeness (QED) is 0.505. The first-order valence-corrected chi connectivity index (χ1v) is 4.49. The predicted octanol–water partition coefficient (Wildman–Crippen LogP) is 0.558. The molecule has 0 aromatic heterocycles. The van der Waals surface area contributed by atoms with E-state index in [1.165, 1.54) is 7.11 Å². The maximum atomic E-state index is 11.2. The second-order valence-corrected chi connectivity index (χ2v) is 3.30. The number of thiocarbonyl (C=S) groups is 1. The number of hydrogen-bond acceptors (Lipinski definition) is 3. The lowest BCUT2D eigenvalue weighted by atomic mass is 10.0. The van der Waals surface area contributed by atoms with Gasteiger partial charge in [-0.2, -0.15) is 0 Å². The molecule has 1 aliphatic carbocycles. The number of allylic oxidation sites excluding steroid dienone is 1. The van der Waals surface area contributed by atoms with Crippen LogP contribution in [0, 0.1) is 5.92 Å². The second kappa shape index (κ2) is 3.34. The van der Waals surface area contributed by atoms with Crippen molar-refractivity contribution in [3.05, 3.63) is 23.9 Å². The molecular weight excluding hydrogens is 200 g/mol. The number of esters is 1. The van der Waals surface area contributed by atoms with E-state index in [-0.39, 0.29) is 11.9 Å². The van der Waals surface area contributed by atoms with E-state index in [0.29, 0.717) is 5.11 Å². The number of hydrogen-bond donors (Lipinski definition) is 1. The molecular formula is C9H8N2O2S. The molecule has 0 saturated carbocycles. The van der Waals surface area contributed by atoms with Gasteiger partial charge in [-0.25, -0.2) is 4.99 Å². The fourth-order valence-corrected chi connectivity index (χ4v) is 1.55. The Hall–Kier alpha value is -1.49. The van der Waals surface area contributed by atoms with Crippen LogP contribution in [0.3, 0.4) is 0 Å². The molecule has 1 atom stereocenters. The van der Waals surface area contributed by atoms with Crippen molar-refractivity contribution in [2.24, 2.45) is 10.9 Å². The second-order valence-electron chi connectivity index (χ2n) is 2.92. The van der Waals surface area contributed by atoms with Crippen LogP contribution in [0.1, 0.15) is 0 Å². The van der Waals surface area contributed by atoms with Crippen molar-refractivity contribution in [1.29, 1.82) is 0 Å². The summed E-state index contributed by atoms with van der Waals surface area (Å²) >= 11 is 4.88. The van der Waals surface area contributed by atoms with Gasteiger partial charge in [0.05, 0.1) is 24.4 Å². The van der Waals surface area contributed by atoms with Gasteiger partial charge in [-0.15, -0.1) is 0 Å². The van der Waals surface area contributed by atoms with Crippen LogP contribution < -0.4 is 5.32 Å². The number of carbonyl (C=O) groups is 1. The Kier molecular flexibility index (Phi) is 2.17. The molecule has 1 N–H and O–H groups in total. The van der Waals surface area contributed by atoms with E-state index >= 15 is 0 Å². The Bertz CT molecular complexity index is 396. The number of aliphatic imine (C=N–C) groups is 1. The SMILES string of the molecule is COC(=O)C1C=CC2=NC(=S)NC2=C1. The third kappa shape index (κ3) is 1.46. The van der Waals surface area contributed by atoms with Gasteiger partial charge < -0.3 is 10.1 Å². The van der Waals surface area contributed by atoms with Crippen LogP contribution in [0.4, 0.5) is 0 Å². The zero-order valence-electron chi connectivity index (χ0n) is 7.48. The van der Waals surface area contributed by atoms with Crippen LogP contribution in [0.25, 0.3) is 0 Å². The van der Waals surface area contributed by atoms with Crippen LogP contribution >= 0.6 is 12.2 Å². The van der Waals surface area contributed by atoms with Crippen LogP contribution in [-0.4, -0.2) is 23.9 Å². The molecule has 4 nitrogen and oxygen atoms in total.